The number of hydrogen-bond donors (Lipinski definition) is 1. The highest BCUT2D eigenvalue weighted by atomic mass is 16.5. The van der Waals surface area contributed by atoms with E-state index in [1.54, 1.807) is 0 Å². The first-order chi connectivity index (χ1) is 24.0. The van der Waals surface area contributed by atoms with Gasteiger partial charge in [0.05, 0.1) is 39.1 Å². The first kappa shape index (κ1) is 40.3. The van der Waals surface area contributed by atoms with Gasteiger partial charge >= 0.3 is 0 Å². The minimum Gasteiger partial charge on any atom is -0.490 e. The van der Waals surface area contributed by atoms with Crippen molar-refractivity contribution < 1.29 is 28.8 Å². The van der Waals surface area contributed by atoms with Crippen molar-refractivity contribution in [1.82, 2.24) is 0 Å². The fourth-order valence-electron chi connectivity index (χ4n) is 5.95. The second-order valence-corrected chi connectivity index (χ2v) is 13.2. The molecule has 1 atom stereocenters. The van der Waals surface area contributed by atoms with Crippen LogP contribution in [0.4, 0.5) is 0 Å². The first-order valence-corrected chi connectivity index (χ1v) is 19.6. The first-order valence-electron chi connectivity index (χ1n) is 19.6. The van der Waals surface area contributed by atoms with Crippen molar-refractivity contribution >= 4 is 21.5 Å². The lowest BCUT2D eigenvalue weighted by atomic mass is 9.91. The molecule has 0 aromatic heterocycles. The van der Waals surface area contributed by atoms with Crippen LogP contribution in [-0.2, 0) is 0 Å². The van der Waals surface area contributed by atoms with Gasteiger partial charge in [-0.2, -0.15) is 0 Å². The van der Waals surface area contributed by atoms with Crippen molar-refractivity contribution in [1.29, 1.82) is 0 Å². The molecule has 3 aromatic rings. The van der Waals surface area contributed by atoms with Crippen LogP contribution in [0.15, 0.2) is 36.9 Å². The number of rotatable bonds is 28. The zero-order chi connectivity index (χ0) is 35.3. The molecule has 0 saturated heterocycles. The fourth-order valence-corrected chi connectivity index (χ4v) is 5.95. The van der Waals surface area contributed by atoms with E-state index in [1.165, 1.54) is 0 Å². The molecule has 1 unspecified atom stereocenters. The third-order valence-corrected chi connectivity index (χ3v) is 8.97. The van der Waals surface area contributed by atoms with Crippen molar-refractivity contribution in [3.63, 3.8) is 0 Å². The number of hydrogen-bond acceptors (Lipinski definition) is 6. The van der Waals surface area contributed by atoms with E-state index < -0.39 is 6.10 Å². The molecule has 0 radical (unpaired) electrons. The van der Waals surface area contributed by atoms with Gasteiger partial charge in [-0.05, 0) is 97.4 Å². The third kappa shape index (κ3) is 12.3. The Balaban J connectivity index is 2.35. The molecule has 3 aromatic carbocycles. The van der Waals surface area contributed by atoms with Gasteiger partial charge in [-0.1, -0.05) is 92.1 Å². The second-order valence-electron chi connectivity index (χ2n) is 13.2. The van der Waals surface area contributed by atoms with E-state index in [1.807, 2.05) is 6.08 Å². The van der Waals surface area contributed by atoms with Gasteiger partial charge in [-0.25, -0.2) is 0 Å². The maximum atomic E-state index is 11.8. The Kier molecular flexibility index (Phi) is 19.2. The van der Waals surface area contributed by atoms with Crippen molar-refractivity contribution in [2.24, 2.45) is 0 Å². The molecule has 49 heavy (non-hydrogen) atoms. The van der Waals surface area contributed by atoms with Gasteiger partial charge in [0.1, 0.15) is 0 Å². The van der Waals surface area contributed by atoms with Gasteiger partial charge in [0.25, 0.3) is 0 Å². The molecule has 6 nitrogen and oxygen atoms in total. The van der Waals surface area contributed by atoms with Gasteiger partial charge in [0.2, 0.25) is 5.75 Å². The smallest absolute Gasteiger partial charge is 0.204 e. The Labute approximate surface area is 297 Å². The number of allylic oxidation sites excluding steroid dienone is 1. The summed E-state index contributed by atoms with van der Waals surface area (Å²) in [5, 5.41) is 15.7. The van der Waals surface area contributed by atoms with Crippen molar-refractivity contribution in [2.45, 2.75) is 143 Å². The van der Waals surface area contributed by atoms with Crippen molar-refractivity contribution in [3.05, 3.63) is 42.5 Å². The molecule has 0 saturated carbocycles. The Morgan fingerprint density at radius 1 is 0.510 bits per heavy atom. The lowest BCUT2D eigenvalue weighted by molar-refractivity contribution is 0.165. The number of unbranched alkanes of at least 4 members (excludes halogenated alkanes) is 9. The number of benzene rings is 3. The third-order valence-electron chi connectivity index (χ3n) is 8.97. The molecule has 6 heteroatoms. The quantitative estimate of drug-likeness (QED) is 0.0468. The Morgan fingerprint density at radius 2 is 0.980 bits per heavy atom. The number of aliphatic hydroxyl groups excluding tert-OH is 1. The van der Waals surface area contributed by atoms with Crippen LogP contribution in [0.2, 0.25) is 0 Å². The molecule has 0 aliphatic rings. The Bertz CT molecular complexity index is 1380. The summed E-state index contributed by atoms with van der Waals surface area (Å²) in [6.07, 6.45) is 17.1. The molecule has 0 heterocycles. The summed E-state index contributed by atoms with van der Waals surface area (Å²) >= 11 is 0. The zero-order valence-corrected chi connectivity index (χ0v) is 31.5. The monoisotopic (exact) mass is 678 g/mol. The van der Waals surface area contributed by atoms with Crippen LogP contribution in [-0.4, -0.2) is 38.1 Å². The number of ether oxygens (including phenoxy) is 5. The lowest BCUT2D eigenvalue weighted by Crippen LogP contribution is -2.08. The topological polar surface area (TPSA) is 66.4 Å². The molecule has 0 fully saturated rings. The second kappa shape index (κ2) is 23.3. The average Bonchev–Trinajstić information content (AvgIpc) is 3.11. The maximum Gasteiger partial charge on any atom is 0.204 e. The molecular weight excluding hydrogens is 612 g/mol. The summed E-state index contributed by atoms with van der Waals surface area (Å²) in [7, 11) is 0. The highest BCUT2D eigenvalue weighted by Gasteiger charge is 2.24. The van der Waals surface area contributed by atoms with E-state index in [0.29, 0.717) is 56.7 Å². The Morgan fingerprint density at radius 3 is 1.55 bits per heavy atom. The summed E-state index contributed by atoms with van der Waals surface area (Å²) in [5.74, 6) is 3.53. The predicted octanol–water partition coefficient (Wildman–Crippen LogP) is 12.4. The van der Waals surface area contributed by atoms with Crippen LogP contribution in [0, 0.1) is 0 Å². The Hall–Kier alpha value is -3.12. The largest absolute Gasteiger partial charge is 0.490 e. The predicted molar refractivity (Wildman–Crippen MR) is 206 cm³/mol. The van der Waals surface area contributed by atoms with Crippen LogP contribution in [0.25, 0.3) is 21.5 Å². The van der Waals surface area contributed by atoms with E-state index in [9.17, 15) is 5.11 Å². The summed E-state index contributed by atoms with van der Waals surface area (Å²) in [5.41, 5.74) is 0.872. The maximum absolute atomic E-state index is 11.8. The summed E-state index contributed by atoms with van der Waals surface area (Å²) in [6, 6.07) is 8.46. The fraction of sp³-hybridized carbons (Fsp3) is 0.628. The summed E-state index contributed by atoms with van der Waals surface area (Å²) < 4.78 is 32.5. The normalized spacial score (nSPS) is 12.0. The molecular formula is C43H66O6. The van der Waals surface area contributed by atoms with Gasteiger partial charge in [-0.3, -0.25) is 0 Å². The lowest BCUT2D eigenvalue weighted by Gasteiger charge is -2.23. The van der Waals surface area contributed by atoms with Gasteiger partial charge in [0.15, 0.2) is 23.0 Å². The van der Waals surface area contributed by atoms with Gasteiger partial charge in [0, 0.05) is 5.39 Å². The highest BCUT2D eigenvalue weighted by Crippen LogP contribution is 2.49. The van der Waals surface area contributed by atoms with Crippen molar-refractivity contribution in [3.8, 4) is 28.7 Å². The van der Waals surface area contributed by atoms with Crippen LogP contribution in [0.5, 0.6) is 28.7 Å². The van der Waals surface area contributed by atoms with Crippen LogP contribution in [0.3, 0.4) is 0 Å². The molecule has 3 rings (SSSR count). The minimum absolute atomic E-state index is 0.571. The van der Waals surface area contributed by atoms with Crippen LogP contribution in [0.1, 0.15) is 149 Å². The summed E-state index contributed by atoms with van der Waals surface area (Å²) in [4.78, 5) is 0. The van der Waals surface area contributed by atoms with Crippen LogP contribution >= 0.6 is 0 Å². The highest BCUT2D eigenvalue weighted by molar-refractivity contribution is 6.13. The standard InChI is InChI=1S/C43H66O6/c1-7-13-19-20-23-38(44)36-29-37-35(32-41(47-24-16-10-4)43(49-26-18-12-6)42(37)48-25-17-11-5)33-30-39(45-27-21-14-8-2)40(31-34(33)36)46-28-22-15-9-3/h7,29-32,38,44H,1,8-28H2,2-6H3. The zero-order valence-electron chi connectivity index (χ0n) is 31.5. The molecule has 0 aliphatic heterocycles. The van der Waals surface area contributed by atoms with E-state index in [-0.39, 0.29) is 0 Å². The van der Waals surface area contributed by atoms with E-state index in [4.69, 9.17) is 23.7 Å². The molecule has 1 N–H and O–H groups in total. The molecule has 0 amide bonds. The van der Waals surface area contributed by atoms with Crippen molar-refractivity contribution in [2.75, 3.05) is 33.0 Å². The SMILES string of the molecule is C=CCCCCC(O)c1cc2c(OCCCC)c(OCCCC)c(OCCCC)cc2c2cc(OCCCCC)c(OCCCCC)cc12. The average molecular weight is 679 g/mol. The minimum atomic E-state index is -0.658. The molecule has 0 bridgehead atoms. The van der Waals surface area contributed by atoms with Gasteiger partial charge < -0.3 is 28.8 Å². The number of fused-ring (bicyclic) bond motifs is 3. The number of aliphatic hydroxyl groups is 1. The van der Waals surface area contributed by atoms with Gasteiger partial charge in [-0.15, -0.1) is 6.58 Å². The van der Waals surface area contributed by atoms with E-state index >= 15 is 0 Å². The van der Waals surface area contributed by atoms with E-state index in [0.717, 1.165) is 135 Å². The molecule has 0 spiro atoms. The van der Waals surface area contributed by atoms with E-state index in [2.05, 4.69) is 65.5 Å². The molecule has 274 valence electrons. The summed E-state index contributed by atoms with van der Waals surface area (Å²) in [6.45, 7) is 17.8. The molecule has 0 aliphatic carbocycles. The van der Waals surface area contributed by atoms with Crippen LogP contribution < -0.4 is 23.7 Å².